The summed E-state index contributed by atoms with van der Waals surface area (Å²) in [4.78, 5) is 7.03. The summed E-state index contributed by atoms with van der Waals surface area (Å²) in [7, 11) is -0.971. The molecular weight excluding hydrogens is 493 g/mol. The number of aliphatic imine (C=N–C) groups is 1. The van der Waals surface area contributed by atoms with Gasteiger partial charge >= 0.3 is 0 Å². The summed E-state index contributed by atoms with van der Waals surface area (Å²) in [5.74, 6) is 1.53. The number of halogens is 1. The van der Waals surface area contributed by atoms with Gasteiger partial charge in [0.15, 0.2) is 15.8 Å². The molecule has 0 radical (unpaired) electrons. The Morgan fingerprint density at radius 2 is 2.29 bits per heavy atom. The fraction of sp³-hybridized carbons (Fsp3) is 0.778. The third-order valence-corrected chi connectivity index (χ3v) is 7.11. The van der Waals surface area contributed by atoms with Crippen molar-refractivity contribution in [1.29, 1.82) is 0 Å². The molecule has 0 bridgehead atoms. The lowest BCUT2D eigenvalue weighted by molar-refractivity contribution is -0.00826. The zero-order chi connectivity index (χ0) is 19.4. The van der Waals surface area contributed by atoms with E-state index in [2.05, 4.69) is 29.2 Å². The normalized spacial score (nSPS) is 26.0. The molecular formula is C18H32IN5O3S. The minimum atomic E-state index is -2.87. The molecule has 0 spiro atoms. The first-order valence-corrected chi connectivity index (χ1v) is 11.5. The van der Waals surface area contributed by atoms with Crippen molar-refractivity contribution in [3.8, 4) is 0 Å². The number of ether oxygens (including phenoxy) is 1. The van der Waals surface area contributed by atoms with E-state index in [1.165, 1.54) is 0 Å². The molecule has 0 aliphatic carbocycles. The third-order valence-electron chi connectivity index (χ3n) is 5.28. The van der Waals surface area contributed by atoms with Crippen molar-refractivity contribution in [2.24, 2.45) is 18.0 Å². The summed E-state index contributed by atoms with van der Waals surface area (Å²) in [6.45, 7) is 6.91. The standard InChI is InChI=1S/C18H31N5O3S.HI/c1-4-14(2)21-18(19-9-15-5-8-27(24,25)13-15)23-6-7-26-17(12-23)16-10-20-22(3)11-16;/h10-11,14-15,17H,4-9,12-13H2,1-3H3,(H,19,21);1H. The molecule has 3 rings (SSSR count). The summed E-state index contributed by atoms with van der Waals surface area (Å²) < 4.78 is 31.1. The molecule has 8 nitrogen and oxygen atoms in total. The third kappa shape index (κ3) is 6.31. The predicted molar refractivity (Wildman–Crippen MR) is 121 cm³/mol. The quantitative estimate of drug-likeness (QED) is 0.357. The van der Waals surface area contributed by atoms with Crippen LogP contribution in [-0.2, 0) is 21.6 Å². The van der Waals surface area contributed by atoms with Crippen molar-refractivity contribution in [1.82, 2.24) is 20.0 Å². The van der Waals surface area contributed by atoms with E-state index in [0.717, 1.165) is 24.5 Å². The monoisotopic (exact) mass is 525 g/mol. The number of hydrogen-bond acceptors (Lipinski definition) is 5. The van der Waals surface area contributed by atoms with Crippen LogP contribution in [-0.4, -0.2) is 72.8 Å². The Labute approximate surface area is 185 Å². The highest BCUT2D eigenvalue weighted by Gasteiger charge is 2.29. The van der Waals surface area contributed by atoms with Crippen molar-refractivity contribution in [3.05, 3.63) is 18.0 Å². The number of nitrogens with one attached hydrogen (secondary N) is 1. The van der Waals surface area contributed by atoms with E-state index >= 15 is 0 Å². The van der Waals surface area contributed by atoms with E-state index in [4.69, 9.17) is 9.73 Å². The maximum atomic E-state index is 11.7. The minimum Gasteiger partial charge on any atom is -0.370 e. The van der Waals surface area contributed by atoms with Gasteiger partial charge < -0.3 is 15.0 Å². The number of guanidine groups is 1. The molecule has 0 saturated carbocycles. The molecule has 3 unspecified atom stereocenters. The molecule has 2 saturated heterocycles. The van der Waals surface area contributed by atoms with Crippen LogP contribution in [0.1, 0.15) is 38.4 Å². The van der Waals surface area contributed by atoms with Crippen LogP contribution in [0.4, 0.5) is 0 Å². The van der Waals surface area contributed by atoms with Crippen LogP contribution in [0.15, 0.2) is 17.4 Å². The van der Waals surface area contributed by atoms with Crippen LogP contribution in [0, 0.1) is 5.92 Å². The van der Waals surface area contributed by atoms with Crippen molar-refractivity contribution < 1.29 is 13.2 Å². The number of aryl methyl sites for hydroxylation is 1. The average molecular weight is 525 g/mol. The summed E-state index contributed by atoms with van der Waals surface area (Å²) in [6, 6.07) is 0.302. The second-order valence-electron chi connectivity index (χ2n) is 7.64. The Balaban J connectivity index is 0.00000280. The van der Waals surface area contributed by atoms with Gasteiger partial charge in [0, 0.05) is 37.9 Å². The average Bonchev–Trinajstić information content (AvgIpc) is 3.23. The SMILES string of the molecule is CCC(C)NC(=NCC1CCS(=O)(=O)C1)N1CCOC(c2cnn(C)c2)C1.I. The van der Waals surface area contributed by atoms with Crippen LogP contribution in [0.2, 0.25) is 0 Å². The molecule has 2 fully saturated rings. The van der Waals surface area contributed by atoms with Crippen molar-refractivity contribution in [2.45, 2.75) is 38.8 Å². The summed E-state index contributed by atoms with van der Waals surface area (Å²) in [6.07, 6.45) is 5.49. The zero-order valence-corrected chi connectivity index (χ0v) is 20.0. The van der Waals surface area contributed by atoms with E-state index in [9.17, 15) is 8.42 Å². The fourth-order valence-electron chi connectivity index (χ4n) is 3.44. The molecule has 3 heterocycles. The van der Waals surface area contributed by atoms with Gasteiger partial charge in [-0.25, -0.2) is 8.42 Å². The molecule has 3 atom stereocenters. The first-order chi connectivity index (χ1) is 12.9. The number of hydrogen-bond donors (Lipinski definition) is 1. The smallest absolute Gasteiger partial charge is 0.194 e. The zero-order valence-electron chi connectivity index (χ0n) is 16.9. The summed E-state index contributed by atoms with van der Waals surface area (Å²) in [5, 5.41) is 7.75. The number of sulfone groups is 1. The summed E-state index contributed by atoms with van der Waals surface area (Å²) in [5.41, 5.74) is 1.06. The number of aromatic nitrogens is 2. The molecule has 28 heavy (non-hydrogen) atoms. The van der Waals surface area contributed by atoms with Crippen molar-refractivity contribution in [2.75, 3.05) is 37.7 Å². The highest BCUT2D eigenvalue weighted by atomic mass is 127. The summed E-state index contributed by atoms with van der Waals surface area (Å²) >= 11 is 0. The first-order valence-electron chi connectivity index (χ1n) is 9.72. The lowest BCUT2D eigenvalue weighted by Gasteiger charge is -2.36. The van der Waals surface area contributed by atoms with Crippen LogP contribution in [0.25, 0.3) is 0 Å². The van der Waals surface area contributed by atoms with Gasteiger partial charge in [0.1, 0.15) is 6.10 Å². The molecule has 1 aromatic rings. The topological polar surface area (TPSA) is 88.8 Å². The first kappa shape index (κ1) is 23.4. The number of rotatable bonds is 5. The lowest BCUT2D eigenvalue weighted by atomic mass is 10.1. The molecule has 0 amide bonds. The predicted octanol–water partition coefficient (Wildman–Crippen LogP) is 1.59. The Morgan fingerprint density at radius 3 is 2.89 bits per heavy atom. The molecule has 1 N–H and O–H groups in total. The van der Waals surface area contributed by atoms with Gasteiger partial charge in [-0.2, -0.15) is 5.10 Å². The Morgan fingerprint density at radius 1 is 1.50 bits per heavy atom. The molecule has 0 aromatic carbocycles. The second-order valence-corrected chi connectivity index (χ2v) is 9.87. The fourth-order valence-corrected chi connectivity index (χ4v) is 5.29. The van der Waals surface area contributed by atoms with Gasteiger partial charge in [-0.1, -0.05) is 6.92 Å². The van der Waals surface area contributed by atoms with Crippen LogP contribution < -0.4 is 5.32 Å². The van der Waals surface area contributed by atoms with E-state index in [-0.39, 0.29) is 41.8 Å². The van der Waals surface area contributed by atoms with Gasteiger partial charge in [0.2, 0.25) is 0 Å². The van der Waals surface area contributed by atoms with Crippen molar-refractivity contribution >= 4 is 39.8 Å². The number of morpholine rings is 1. The largest absolute Gasteiger partial charge is 0.370 e. The van der Waals surface area contributed by atoms with Gasteiger partial charge in [0.25, 0.3) is 0 Å². The Kier molecular flexibility index (Phi) is 8.56. The molecule has 1 aromatic heterocycles. The van der Waals surface area contributed by atoms with Crippen LogP contribution >= 0.6 is 24.0 Å². The Bertz CT molecular complexity index is 767. The van der Waals surface area contributed by atoms with Gasteiger partial charge in [-0.15, -0.1) is 24.0 Å². The van der Waals surface area contributed by atoms with Crippen LogP contribution in [0.5, 0.6) is 0 Å². The van der Waals surface area contributed by atoms with Gasteiger partial charge in [0.05, 0.1) is 30.9 Å². The van der Waals surface area contributed by atoms with E-state index in [0.29, 0.717) is 37.9 Å². The molecule has 2 aliphatic rings. The molecule has 10 heteroatoms. The van der Waals surface area contributed by atoms with Crippen LogP contribution in [0.3, 0.4) is 0 Å². The highest BCUT2D eigenvalue weighted by molar-refractivity contribution is 14.0. The van der Waals surface area contributed by atoms with E-state index in [1.54, 1.807) is 4.68 Å². The second kappa shape index (κ2) is 10.2. The molecule has 160 valence electrons. The molecule has 2 aliphatic heterocycles. The lowest BCUT2D eigenvalue weighted by Crippen LogP contribution is -2.50. The van der Waals surface area contributed by atoms with E-state index < -0.39 is 9.84 Å². The van der Waals surface area contributed by atoms with Gasteiger partial charge in [-0.05, 0) is 25.7 Å². The Hall–Kier alpha value is -0.880. The maximum absolute atomic E-state index is 11.7. The van der Waals surface area contributed by atoms with Crippen molar-refractivity contribution in [3.63, 3.8) is 0 Å². The maximum Gasteiger partial charge on any atom is 0.194 e. The highest BCUT2D eigenvalue weighted by Crippen LogP contribution is 2.22. The van der Waals surface area contributed by atoms with E-state index in [1.807, 2.05) is 19.4 Å². The number of nitrogens with zero attached hydrogens (tertiary/aromatic N) is 4. The minimum absolute atomic E-state index is 0. The van der Waals surface area contributed by atoms with Gasteiger partial charge in [-0.3, -0.25) is 9.67 Å².